The molecule has 136 valence electrons. The van der Waals surface area contributed by atoms with E-state index in [0.29, 0.717) is 10.6 Å². The van der Waals surface area contributed by atoms with Gasteiger partial charge in [0, 0.05) is 17.0 Å². The highest BCUT2D eigenvalue weighted by atomic mass is 35.5. The predicted molar refractivity (Wildman–Crippen MR) is 92.9 cm³/mol. The standard InChI is InChI=1S/C16H14Cl2N4O4/c17-11-3-1-9(2-4-11)12(24)5-13-20-14(26-21-13)7-22-16(25)15(18)10(8-23)6-19-22/h1-4,6,12,23-24H,5,7-8H2/t12-/m0/s1. The first-order valence-electron chi connectivity index (χ1n) is 7.58. The Bertz CT molecular complexity index is 956. The molecule has 0 aliphatic rings. The van der Waals surface area contributed by atoms with E-state index in [4.69, 9.17) is 32.8 Å². The Balaban J connectivity index is 1.71. The Kier molecular flexibility index (Phi) is 5.67. The van der Waals surface area contributed by atoms with Gasteiger partial charge in [0.15, 0.2) is 5.82 Å². The van der Waals surface area contributed by atoms with Gasteiger partial charge >= 0.3 is 0 Å². The van der Waals surface area contributed by atoms with Crippen LogP contribution in [0.15, 0.2) is 39.8 Å². The first-order chi connectivity index (χ1) is 12.5. The summed E-state index contributed by atoms with van der Waals surface area (Å²) in [7, 11) is 0. The third-order valence-electron chi connectivity index (χ3n) is 3.65. The molecule has 1 atom stereocenters. The van der Waals surface area contributed by atoms with E-state index in [1.165, 1.54) is 6.20 Å². The highest BCUT2D eigenvalue weighted by molar-refractivity contribution is 6.31. The van der Waals surface area contributed by atoms with Crippen molar-refractivity contribution in [3.05, 3.63) is 73.7 Å². The highest BCUT2D eigenvalue weighted by Gasteiger charge is 2.16. The Labute approximate surface area is 157 Å². The van der Waals surface area contributed by atoms with Crippen LogP contribution in [0.3, 0.4) is 0 Å². The van der Waals surface area contributed by atoms with Crippen LogP contribution in [0.2, 0.25) is 10.0 Å². The Hall–Kier alpha value is -2.26. The van der Waals surface area contributed by atoms with Crippen LogP contribution in [-0.2, 0) is 19.6 Å². The Morgan fingerprint density at radius 3 is 2.65 bits per heavy atom. The van der Waals surface area contributed by atoms with Crippen LogP contribution in [-0.4, -0.2) is 30.1 Å². The predicted octanol–water partition coefficient (Wildman–Crippen LogP) is 1.75. The third kappa shape index (κ3) is 4.10. The topological polar surface area (TPSA) is 114 Å². The van der Waals surface area contributed by atoms with Crippen molar-refractivity contribution >= 4 is 23.2 Å². The molecule has 0 fully saturated rings. The van der Waals surface area contributed by atoms with Crippen molar-refractivity contribution in [3.8, 4) is 0 Å². The first-order valence-corrected chi connectivity index (χ1v) is 8.34. The second kappa shape index (κ2) is 7.96. The molecule has 0 aliphatic carbocycles. The molecule has 10 heteroatoms. The molecular formula is C16H14Cl2N4O4. The van der Waals surface area contributed by atoms with E-state index < -0.39 is 11.7 Å². The lowest BCUT2D eigenvalue weighted by Gasteiger charge is -2.08. The molecule has 0 saturated carbocycles. The van der Waals surface area contributed by atoms with Crippen molar-refractivity contribution in [2.45, 2.75) is 25.7 Å². The van der Waals surface area contributed by atoms with Crippen LogP contribution < -0.4 is 5.56 Å². The zero-order valence-electron chi connectivity index (χ0n) is 13.3. The van der Waals surface area contributed by atoms with Crippen molar-refractivity contribution in [1.29, 1.82) is 0 Å². The van der Waals surface area contributed by atoms with Gasteiger partial charge in [-0.3, -0.25) is 4.79 Å². The smallest absolute Gasteiger partial charge is 0.286 e. The summed E-state index contributed by atoms with van der Waals surface area (Å²) in [5.41, 5.74) is 0.342. The summed E-state index contributed by atoms with van der Waals surface area (Å²) in [5.74, 6) is 0.430. The Morgan fingerprint density at radius 2 is 1.96 bits per heavy atom. The lowest BCUT2D eigenvalue weighted by atomic mass is 10.1. The zero-order valence-corrected chi connectivity index (χ0v) is 14.9. The summed E-state index contributed by atoms with van der Waals surface area (Å²) in [5, 5.41) is 27.5. The molecule has 8 nitrogen and oxygen atoms in total. The van der Waals surface area contributed by atoms with Gasteiger partial charge in [0.1, 0.15) is 11.6 Å². The molecule has 0 saturated heterocycles. The minimum atomic E-state index is -0.822. The van der Waals surface area contributed by atoms with Gasteiger partial charge in [0.2, 0.25) is 5.89 Å². The molecule has 3 aromatic rings. The second-order valence-corrected chi connectivity index (χ2v) is 6.29. The van der Waals surface area contributed by atoms with Gasteiger partial charge in [0.25, 0.3) is 5.56 Å². The first kappa shape index (κ1) is 18.5. The van der Waals surface area contributed by atoms with Crippen LogP contribution in [0.5, 0.6) is 0 Å². The van der Waals surface area contributed by atoms with E-state index in [2.05, 4.69) is 15.2 Å². The summed E-state index contributed by atoms with van der Waals surface area (Å²) in [6.45, 7) is -0.455. The number of benzene rings is 1. The van der Waals surface area contributed by atoms with Gasteiger partial charge < -0.3 is 14.7 Å². The van der Waals surface area contributed by atoms with Crippen molar-refractivity contribution in [2.75, 3.05) is 0 Å². The lowest BCUT2D eigenvalue weighted by Crippen LogP contribution is -2.25. The fraction of sp³-hybridized carbons (Fsp3) is 0.250. The van der Waals surface area contributed by atoms with Crippen molar-refractivity contribution < 1.29 is 14.7 Å². The zero-order chi connectivity index (χ0) is 18.7. The number of hydrogen-bond donors (Lipinski definition) is 2. The molecule has 2 heterocycles. The number of rotatable bonds is 6. The molecule has 2 aromatic heterocycles. The summed E-state index contributed by atoms with van der Waals surface area (Å²) in [4.78, 5) is 16.2. The minimum Gasteiger partial charge on any atom is -0.392 e. The lowest BCUT2D eigenvalue weighted by molar-refractivity contribution is 0.174. The third-order valence-corrected chi connectivity index (χ3v) is 4.31. The normalized spacial score (nSPS) is 12.3. The van der Waals surface area contributed by atoms with Crippen molar-refractivity contribution in [3.63, 3.8) is 0 Å². The summed E-state index contributed by atoms with van der Waals surface area (Å²) in [6, 6.07) is 6.78. The molecule has 0 spiro atoms. The molecule has 1 aromatic carbocycles. The maximum Gasteiger partial charge on any atom is 0.286 e. The van der Waals surface area contributed by atoms with E-state index in [0.717, 1.165) is 4.68 Å². The van der Waals surface area contributed by atoms with Crippen molar-refractivity contribution in [1.82, 2.24) is 19.9 Å². The second-order valence-electron chi connectivity index (χ2n) is 5.48. The average molecular weight is 397 g/mol. The molecule has 0 bridgehead atoms. The SMILES string of the molecule is O=c1c(Cl)c(CO)cnn1Cc1nc(C[C@H](O)c2ccc(Cl)cc2)no1. The van der Waals surface area contributed by atoms with Crippen LogP contribution >= 0.6 is 23.2 Å². The van der Waals surface area contributed by atoms with Crippen LogP contribution in [0, 0.1) is 0 Å². The van der Waals surface area contributed by atoms with Crippen molar-refractivity contribution in [2.24, 2.45) is 0 Å². The number of aromatic nitrogens is 4. The fourth-order valence-electron chi connectivity index (χ4n) is 2.26. The van der Waals surface area contributed by atoms with Gasteiger partial charge in [-0.15, -0.1) is 0 Å². The Morgan fingerprint density at radius 1 is 1.23 bits per heavy atom. The number of nitrogens with zero attached hydrogens (tertiary/aromatic N) is 4. The van der Waals surface area contributed by atoms with Gasteiger partial charge in [-0.05, 0) is 17.7 Å². The van der Waals surface area contributed by atoms with E-state index in [1.807, 2.05) is 0 Å². The molecule has 26 heavy (non-hydrogen) atoms. The molecule has 0 aliphatic heterocycles. The molecule has 2 N–H and O–H groups in total. The summed E-state index contributed by atoms with van der Waals surface area (Å²) in [6.07, 6.45) is 0.611. The van der Waals surface area contributed by atoms with Gasteiger partial charge in [-0.25, -0.2) is 4.68 Å². The van der Waals surface area contributed by atoms with Gasteiger partial charge in [-0.1, -0.05) is 40.5 Å². The number of aliphatic hydroxyl groups excluding tert-OH is 2. The largest absolute Gasteiger partial charge is 0.392 e. The molecule has 3 rings (SSSR count). The highest BCUT2D eigenvalue weighted by Crippen LogP contribution is 2.19. The number of halogens is 2. The summed E-state index contributed by atoms with van der Waals surface area (Å²) < 4.78 is 6.14. The van der Waals surface area contributed by atoms with Crippen LogP contribution in [0.25, 0.3) is 0 Å². The van der Waals surface area contributed by atoms with E-state index in [1.54, 1.807) is 24.3 Å². The maximum absolute atomic E-state index is 12.1. The number of hydrogen-bond acceptors (Lipinski definition) is 7. The number of aliphatic hydroxyl groups is 2. The van der Waals surface area contributed by atoms with Gasteiger partial charge in [-0.2, -0.15) is 10.1 Å². The van der Waals surface area contributed by atoms with Crippen LogP contribution in [0.1, 0.15) is 28.9 Å². The molecule has 0 amide bonds. The summed E-state index contributed by atoms with van der Waals surface area (Å²) >= 11 is 11.7. The molecule has 0 radical (unpaired) electrons. The van der Waals surface area contributed by atoms with E-state index in [-0.39, 0.29) is 41.9 Å². The van der Waals surface area contributed by atoms with Crippen LogP contribution in [0.4, 0.5) is 0 Å². The average Bonchev–Trinajstić information content (AvgIpc) is 3.06. The fourth-order valence-corrected chi connectivity index (χ4v) is 2.60. The minimum absolute atomic E-state index is 0.0751. The maximum atomic E-state index is 12.1. The molecule has 0 unspecified atom stereocenters. The quantitative estimate of drug-likeness (QED) is 0.651. The van der Waals surface area contributed by atoms with E-state index >= 15 is 0 Å². The van der Waals surface area contributed by atoms with E-state index in [9.17, 15) is 9.90 Å². The van der Waals surface area contributed by atoms with Gasteiger partial charge in [0.05, 0.1) is 18.9 Å². The monoisotopic (exact) mass is 396 g/mol. The molecular weight excluding hydrogens is 383 g/mol.